The molecule has 1 fully saturated rings. The fraction of sp³-hybridized carbons (Fsp3) is 0.667. The molecule has 0 saturated carbocycles. The number of likely N-dealkylation sites (tertiary alicyclic amines) is 1. The summed E-state index contributed by atoms with van der Waals surface area (Å²) in [6.07, 6.45) is 3.23. The first kappa shape index (κ1) is 9.64. The number of aliphatic hydroxyl groups is 2. The van der Waals surface area contributed by atoms with Crippen molar-refractivity contribution in [3.63, 3.8) is 0 Å². The Morgan fingerprint density at radius 1 is 1.57 bits per heavy atom. The molecule has 2 unspecified atom stereocenters. The van der Waals surface area contributed by atoms with Gasteiger partial charge in [0.05, 0.1) is 12.3 Å². The normalized spacial score (nSPS) is 28.4. The molecule has 3 N–H and O–H groups in total. The van der Waals surface area contributed by atoms with Gasteiger partial charge in [-0.3, -0.25) is 10.00 Å². The largest absolute Gasteiger partial charge is 0.396 e. The molecule has 0 radical (unpaired) electrons. The van der Waals surface area contributed by atoms with E-state index < -0.39 is 6.10 Å². The fourth-order valence-electron chi connectivity index (χ4n) is 1.87. The zero-order valence-corrected chi connectivity index (χ0v) is 7.93. The number of H-pyrrole nitrogens is 1. The summed E-state index contributed by atoms with van der Waals surface area (Å²) in [6.45, 7) is 2.23. The maximum absolute atomic E-state index is 9.56. The Hall–Kier alpha value is -0.910. The molecule has 0 bridgehead atoms. The van der Waals surface area contributed by atoms with Gasteiger partial charge in [-0.15, -0.1) is 0 Å². The molecular formula is C9H15N3O2. The molecule has 1 aromatic rings. The van der Waals surface area contributed by atoms with Crippen LogP contribution in [0.25, 0.3) is 0 Å². The molecule has 5 nitrogen and oxygen atoms in total. The average molecular weight is 197 g/mol. The van der Waals surface area contributed by atoms with E-state index >= 15 is 0 Å². The van der Waals surface area contributed by atoms with Gasteiger partial charge in [0, 0.05) is 43.9 Å². The zero-order chi connectivity index (χ0) is 9.97. The summed E-state index contributed by atoms with van der Waals surface area (Å²) in [6, 6.07) is 0. The minimum absolute atomic E-state index is 0.00176. The minimum Gasteiger partial charge on any atom is -0.396 e. The molecule has 0 amide bonds. The van der Waals surface area contributed by atoms with Crippen LogP contribution in [-0.2, 0) is 6.54 Å². The first-order chi connectivity index (χ1) is 6.79. The second-order valence-corrected chi connectivity index (χ2v) is 3.81. The number of β-amino-alcohol motifs (C(OH)–C–C–N with tert-alkyl or cyclic N) is 1. The Morgan fingerprint density at radius 2 is 2.43 bits per heavy atom. The Morgan fingerprint density at radius 3 is 3.00 bits per heavy atom. The van der Waals surface area contributed by atoms with Crippen molar-refractivity contribution in [3.05, 3.63) is 18.0 Å². The van der Waals surface area contributed by atoms with Crippen molar-refractivity contribution in [2.45, 2.75) is 12.6 Å². The van der Waals surface area contributed by atoms with Crippen molar-refractivity contribution in [2.24, 2.45) is 5.92 Å². The van der Waals surface area contributed by atoms with E-state index in [1.54, 1.807) is 6.20 Å². The molecule has 2 heterocycles. The number of rotatable bonds is 3. The van der Waals surface area contributed by atoms with Crippen molar-refractivity contribution in [2.75, 3.05) is 19.7 Å². The molecule has 78 valence electrons. The van der Waals surface area contributed by atoms with E-state index in [4.69, 9.17) is 5.11 Å². The minimum atomic E-state index is -0.396. The first-order valence-corrected chi connectivity index (χ1v) is 4.78. The van der Waals surface area contributed by atoms with Crippen LogP contribution in [0.1, 0.15) is 5.56 Å². The Bertz CT molecular complexity index is 276. The van der Waals surface area contributed by atoms with Gasteiger partial charge in [0.25, 0.3) is 0 Å². The van der Waals surface area contributed by atoms with E-state index in [0.29, 0.717) is 6.54 Å². The van der Waals surface area contributed by atoms with Gasteiger partial charge < -0.3 is 10.2 Å². The summed E-state index contributed by atoms with van der Waals surface area (Å²) in [5, 5.41) is 25.1. The average Bonchev–Trinajstić information content (AvgIpc) is 2.76. The monoisotopic (exact) mass is 197 g/mol. The number of aliphatic hydroxyl groups excluding tert-OH is 2. The van der Waals surface area contributed by atoms with Gasteiger partial charge in [-0.05, 0) is 0 Å². The van der Waals surface area contributed by atoms with Crippen LogP contribution in [0.5, 0.6) is 0 Å². The van der Waals surface area contributed by atoms with Crippen LogP contribution < -0.4 is 0 Å². The van der Waals surface area contributed by atoms with Gasteiger partial charge in [0.2, 0.25) is 0 Å². The Kier molecular flexibility index (Phi) is 2.81. The summed E-state index contributed by atoms with van der Waals surface area (Å²) in [4.78, 5) is 2.12. The molecule has 14 heavy (non-hydrogen) atoms. The summed E-state index contributed by atoms with van der Waals surface area (Å²) >= 11 is 0. The SMILES string of the molecule is OCC1CN(Cc2cn[nH]c2)CC1O. The maximum atomic E-state index is 9.56. The molecule has 1 aliphatic heterocycles. The summed E-state index contributed by atoms with van der Waals surface area (Å²) in [5.74, 6) is 0.00176. The zero-order valence-electron chi connectivity index (χ0n) is 7.93. The van der Waals surface area contributed by atoms with Crippen molar-refractivity contribution in [3.8, 4) is 0 Å². The number of nitrogens with zero attached hydrogens (tertiary/aromatic N) is 2. The van der Waals surface area contributed by atoms with Crippen LogP contribution in [-0.4, -0.2) is 51.1 Å². The van der Waals surface area contributed by atoms with E-state index in [1.807, 2.05) is 6.20 Å². The highest BCUT2D eigenvalue weighted by Gasteiger charge is 2.30. The Balaban J connectivity index is 1.89. The predicted molar refractivity (Wildman–Crippen MR) is 50.4 cm³/mol. The van der Waals surface area contributed by atoms with Crippen LogP contribution >= 0.6 is 0 Å². The van der Waals surface area contributed by atoms with E-state index in [1.165, 1.54) is 0 Å². The molecular weight excluding hydrogens is 182 g/mol. The summed E-state index contributed by atoms with van der Waals surface area (Å²) < 4.78 is 0. The molecule has 2 rings (SSSR count). The first-order valence-electron chi connectivity index (χ1n) is 4.78. The van der Waals surface area contributed by atoms with Crippen molar-refractivity contribution in [1.82, 2.24) is 15.1 Å². The number of nitrogens with one attached hydrogen (secondary N) is 1. The van der Waals surface area contributed by atoms with E-state index in [-0.39, 0.29) is 12.5 Å². The molecule has 0 aliphatic carbocycles. The van der Waals surface area contributed by atoms with Crippen molar-refractivity contribution < 1.29 is 10.2 Å². The fourth-order valence-corrected chi connectivity index (χ4v) is 1.87. The lowest BCUT2D eigenvalue weighted by molar-refractivity contribution is 0.103. The summed E-state index contributed by atoms with van der Waals surface area (Å²) in [5.41, 5.74) is 1.11. The highest BCUT2D eigenvalue weighted by atomic mass is 16.3. The molecule has 5 heteroatoms. The Labute approximate surface area is 82.4 Å². The number of hydrogen-bond donors (Lipinski definition) is 3. The highest BCUT2D eigenvalue weighted by Crippen LogP contribution is 2.18. The van der Waals surface area contributed by atoms with Gasteiger partial charge in [-0.2, -0.15) is 5.10 Å². The van der Waals surface area contributed by atoms with E-state index in [9.17, 15) is 5.11 Å². The lowest BCUT2D eigenvalue weighted by Gasteiger charge is -2.13. The maximum Gasteiger partial charge on any atom is 0.0729 e. The van der Waals surface area contributed by atoms with Crippen LogP contribution in [0.2, 0.25) is 0 Å². The number of aromatic amines is 1. The standard InChI is InChI=1S/C9H15N3O2/c13-6-8-4-12(5-9(8)14)3-7-1-10-11-2-7/h1-2,8-9,13-14H,3-6H2,(H,10,11). The van der Waals surface area contributed by atoms with Crippen molar-refractivity contribution in [1.29, 1.82) is 0 Å². The second-order valence-electron chi connectivity index (χ2n) is 3.81. The van der Waals surface area contributed by atoms with Gasteiger partial charge in [0.1, 0.15) is 0 Å². The molecule has 1 aliphatic rings. The van der Waals surface area contributed by atoms with Gasteiger partial charge in [-0.25, -0.2) is 0 Å². The van der Waals surface area contributed by atoms with Crippen molar-refractivity contribution >= 4 is 0 Å². The van der Waals surface area contributed by atoms with Gasteiger partial charge in [-0.1, -0.05) is 0 Å². The highest BCUT2D eigenvalue weighted by molar-refractivity contribution is 5.03. The van der Waals surface area contributed by atoms with Gasteiger partial charge >= 0.3 is 0 Å². The quantitative estimate of drug-likeness (QED) is 0.593. The molecule has 0 aromatic carbocycles. The van der Waals surface area contributed by atoms with Gasteiger partial charge in [0.15, 0.2) is 0 Å². The lowest BCUT2D eigenvalue weighted by Crippen LogP contribution is -2.21. The van der Waals surface area contributed by atoms with Crippen LogP contribution in [0, 0.1) is 5.92 Å². The second kappa shape index (κ2) is 4.08. The smallest absolute Gasteiger partial charge is 0.0729 e. The topological polar surface area (TPSA) is 72.4 Å². The summed E-state index contributed by atoms with van der Waals surface area (Å²) in [7, 11) is 0. The lowest BCUT2D eigenvalue weighted by atomic mass is 10.1. The predicted octanol–water partition coefficient (Wildman–Crippen LogP) is -0.805. The third-order valence-corrected chi connectivity index (χ3v) is 2.68. The van der Waals surface area contributed by atoms with Crippen LogP contribution in [0.15, 0.2) is 12.4 Å². The number of aromatic nitrogens is 2. The molecule has 2 atom stereocenters. The molecule has 0 spiro atoms. The van der Waals surface area contributed by atoms with Crippen LogP contribution in [0.3, 0.4) is 0 Å². The molecule has 1 aromatic heterocycles. The van der Waals surface area contributed by atoms with E-state index in [0.717, 1.165) is 18.7 Å². The van der Waals surface area contributed by atoms with Crippen LogP contribution in [0.4, 0.5) is 0 Å². The third-order valence-electron chi connectivity index (χ3n) is 2.68. The third kappa shape index (κ3) is 1.95. The van der Waals surface area contributed by atoms with E-state index in [2.05, 4.69) is 15.1 Å². The number of hydrogen-bond acceptors (Lipinski definition) is 4. The molecule has 1 saturated heterocycles.